The first kappa shape index (κ1) is 17.8. The lowest BCUT2D eigenvalue weighted by molar-refractivity contribution is 0.0691. The Hall–Kier alpha value is -1.55. The Balaban J connectivity index is 1.37. The van der Waals surface area contributed by atoms with Gasteiger partial charge in [0.15, 0.2) is 10.8 Å². The van der Waals surface area contributed by atoms with E-state index in [1.54, 1.807) is 16.7 Å². The van der Waals surface area contributed by atoms with Crippen LogP contribution < -0.4 is 4.90 Å². The standard InChI is InChI=1S/C17H22N4O3S2/c22-16(23)14-11-25-15(19-14)12-2-1-3-20(9-12)10-13-8-18-17(26-13)21-4-6-24-7-5-21/h8,11-12H,1-7,9-10H2,(H,22,23). The minimum atomic E-state index is -0.944. The van der Waals surface area contributed by atoms with Gasteiger partial charge in [-0.3, -0.25) is 4.90 Å². The van der Waals surface area contributed by atoms with Crippen LogP contribution in [0.2, 0.25) is 0 Å². The molecule has 1 unspecified atom stereocenters. The monoisotopic (exact) mass is 394 g/mol. The summed E-state index contributed by atoms with van der Waals surface area (Å²) in [7, 11) is 0. The molecule has 140 valence electrons. The Morgan fingerprint density at radius 3 is 2.96 bits per heavy atom. The van der Waals surface area contributed by atoms with Gasteiger partial charge in [0.2, 0.25) is 0 Å². The average Bonchev–Trinajstić information content (AvgIpc) is 3.33. The fourth-order valence-corrected chi connectivity index (χ4v) is 5.39. The minimum absolute atomic E-state index is 0.166. The Bertz CT molecular complexity index is 757. The number of morpholine rings is 1. The van der Waals surface area contributed by atoms with Crippen molar-refractivity contribution in [3.05, 3.63) is 27.2 Å². The van der Waals surface area contributed by atoms with E-state index in [-0.39, 0.29) is 5.69 Å². The third-order valence-corrected chi connectivity index (χ3v) is 6.85. The lowest BCUT2D eigenvalue weighted by Gasteiger charge is -2.31. The van der Waals surface area contributed by atoms with Crippen molar-refractivity contribution < 1.29 is 14.6 Å². The molecule has 2 saturated heterocycles. The molecule has 0 aromatic carbocycles. The molecule has 1 N–H and O–H groups in total. The van der Waals surface area contributed by atoms with E-state index < -0.39 is 5.97 Å². The number of rotatable bonds is 5. The van der Waals surface area contributed by atoms with Crippen molar-refractivity contribution in [2.24, 2.45) is 0 Å². The summed E-state index contributed by atoms with van der Waals surface area (Å²) in [6.45, 7) is 6.26. The van der Waals surface area contributed by atoms with Gasteiger partial charge in [0, 0.05) is 48.6 Å². The Morgan fingerprint density at radius 1 is 1.35 bits per heavy atom. The number of ether oxygens (including phenoxy) is 1. The highest BCUT2D eigenvalue weighted by Crippen LogP contribution is 2.31. The minimum Gasteiger partial charge on any atom is -0.476 e. The lowest BCUT2D eigenvalue weighted by atomic mass is 9.99. The number of nitrogens with zero attached hydrogens (tertiary/aromatic N) is 4. The molecule has 26 heavy (non-hydrogen) atoms. The number of anilines is 1. The van der Waals surface area contributed by atoms with Gasteiger partial charge >= 0.3 is 5.97 Å². The molecule has 1 atom stereocenters. The van der Waals surface area contributed by atoms with E-state index >= 15 is 0 Å². The van der Waals surface area contributed by atoms with Gasteiger partial charge in [0.1, 0.15) is 0 Å². The fourth-order valence-electron chi connectivity index (χ4n) is 3.47. The highest BCUT2D eigenvalue weighted by atomic mass is 32.1. The largest absolute Gasteiger partial charge is 0.476 e. The van der Waals surface area contributed by atoms with Crippen LogP contribution in [0.15, 0.2) is 11.6 Å². The van der Waals surface area contributed by atoms with Crippen LogP contribution in [0.1, 0.15) is 39.1 Å². The molecule has 0 saturated carbocycles. The maximum atomic E-state index is 11.1. The molecule has 4 rings (SSSR count). The number of aromatic nitrogens is 2. The van der Waals surface area contributed by atoms with Gasteiger partial charge in [0.05, 0.1) is 18.2 Å². The summed E-state index contributed by atoms with van der Waals surface area (Å²) in [6.07, 6.45) is 4.18. The van der Waals surface area contributed by atoms with Crippen molar-refractivity contribution in [2.45, 2.75) is 25.3 Å². The summed E-state index contributed by atoms with van der Waals surface area (Å²) >= 11 is 3.23. The maximum Gasteiger partial charge on any atom is 0.355 e. The quantitative estimate of drug-likeness (QED) is 0.835. The first-order valence-electron chi connectivity index (χ1n) is 8.87. The topological polar surface area (TPSA) is 78.8 Å². The summed E-state index contributed by atoms with van der Waals surface area (Å²) in [5.41, 5.74) is 0.166. The third kappa shape index (κ3) is 4.06. The molecule has 2 aliphatic rings. The van der Waals surface area contributed by atoms with Crippen LogP contribution in [0, 0.1) is 0 Å². The number of carboxylic acid groups (broad SMARTS) is 1. The normalized spacial score (nSPS) is 21.8. The molecule has 9 heteroatoms. The molecular weight excluding hydrogens is 372 g/mol. The van der Waals surface area contributed by atoms with E-state index in [9.17, 15) is 4.79 Å². The second-order valence-corrected chi connectivity index (χ2v) is 8.64. The molecule has 2 aromatic heterocycles. The zero-order valence-corrected chi connectivity index (χ0v) is 16.1. The molecule has 2 aromatic rings. The predicted molar refractivity (Wildman–Crippen MR) is 101 cm³/mol. The summed E-state index contributed by atoms with van der Waals surface area (Å²) in [6, 6.07) is 0. The summed E-state index contributed by atoms with van der Waals surface area (Å²) in [5, 5.41) is 12.8. The third-order valence-electron chi connectivity index (χ3n) is 4.80. The predicted octanol–water partition coefficient (Wildman–Crippen LogP) is 2.51. The number of carboxylic acids is 1. The molecule has 0 bridgehead atoms. The van der Waals surface area contributed by atoms with E-state index in [0.29, 0.717) is 5.92 Å². The lowest BCUT2D eigenvalue weighted by Crippen LogP contribution is -2.36. The van der Waals surface area contributed by atoms with Crippen LogP contribution in [0.3, 0.4) is 0 Å². The highest BCUT2D eigenvalue weighted by Gasteiger charge is 2.25. The number of likely N-dealkylation sites (tertiary alicyclic amines) is 1. The van der Waals surface area contributed by atoms with Crippen LogP contribution in [0.4, 0.5) is 5.13 Å². The number of carbonyl (C=O) groups is 1. The number of thiazole rings is 2. The van der Waals surface area contributed by atoms with E-state index in [1.165, 1.54) is 16.2 Å². The van der Waals surface area contributed by atoms with Gasteiger partial charge in [-0.25, -0.2) is 14.8 Å². The van der Waals surface area contributed by atoms with Gasteiger partial charge in [-0.1, -0.05) is 0 Å². The summed E-state index contributed by atoms with van der Waals surface area (Å²) < 4.78 is 5.41. The first-order valence-corrected chi connectivity index (χ1v) is 10.6. The molecule has 2 aliphatic heterocycles. The number of aromatic carboxylic acids is 1. The van der Waals surface area contributed by atoms with Gasteiger partial charge in [-0.2, -0.15) is 0 Å². The van der Waals surface area contributed by atoms with Crippen LogP contribution in [-0.2, 0) is 11.3 Å². The van der Waals surface area contributed by atoms with Gasteiger partial charge in [-0.15, -0.1) is 22.7 Å². The van der Waals surface area contributed by atoms with Crippen molar-refractivity contribution in [2.75, 3.05) is 44.3 Å². The molecule has 7 nitrogen and oxygen atoms in total. The van der Waals surface area contributed by atoms with Crippen LogP contribution in [0.5, 0.6) is 0 Å². The molecule has 0 spiro atoms. The maximum absolute atomic E-state index is 11.1. The van der Waals surface area contributed by atoms with Gasteiger partial charge in [-0.05, 0) is 19.4 Å². The molecule has 4 heterocycles. The Morgan fingerprint density at radius 2 is 2.19 bits per heavy atom. The molecular formula is C17H22N4O3S2. The molecule has 0 amide bonds. The summed E-state index contributed by atoms with van der Waals surface area (Å²) in [4.78, 5) is 26.0. The molecule has 2 fully saturated rings. The average molecular weight is 395 g/mol. The number of hydrogen-bond acceptors (Lipinski definition) is 8. The second-order valence-electron chi connectivity index (χ2n) is 6.66. The van der Waals surface area contributed by atoms with E-state index in [1.807, 2.05) is 6.20 Å². The van der Waals surface area contributed by atoms with Crippen molar-refractivity contribution in [3.63, 3.8) is 0 Å². The van der Waals surface area contributed by atoms with Gasteiger partial charge < -0.3 is 14.7 Å². The van der Waals surface area contributed by atoms with Crippen molar-refractivity contribution in [1.82, 2.24) is 14.9 Å². The highest BCUT2D eigenvalue weighted by molar-refractivity contribution is 7.15. The molecule has 0 radical (unpaired) electrons. The van der Waals surface area contributed by atoms with Crippen LogP contribution >= 0.6 is 22.7 Å². The SMILES string of the molecule is O=C(O)c1csc(C2CCCN(Cc3cnc(N4CCOCC4)s3)C2)n1. The fraction of sp³-hybridized carbons (Fsp3) is 0.588. The smallest absolute Gasteiger partial charge is 0.355 e. The van der Waals surface area contributed by atoms with E-state index in [2.05, 4.69) is 19.8 Å². The van der Waals surface area contributed by atoms with E-state index in [4.69, 9.17) is 9.84 Å². The molecule has 0 aliphatic carbocycles. The second kappa shape index (κ2) is 7.99. The zero-order chi connectivity index (χ0) is 17.9. The first-order chi connectivity index (χ1) is 12.7. The van der Waals surface area contributed by atoms with Gasteiger partial charge in [0.25, 0.3) is 0 Å². The number of piperidine rings is 1. The van der Waals surface area contributed by atoms with Crippen LogP contribution in [0.25, 0.3) is 0 Å². The van der Waals surface area contributed by atoms with Crippen molar-refractivity contribution >= 4 is 33.8 Å². The number of hydrogen-bond donors (Lipinski definition) is 1. The van der Waals surface area contributed by atoms with E-state index in [0.717, 1.165) is 68.9 Å². The Kier molecular flexibility index (Phi) is 5.49. The zero-order valence-electron chi connectivity index (χ0n) is 14.5. The Labute approximate surface area is 160 Å². The summed E-state index contributed by atoms with van der Waals surface area (Å²) in [5.74, 6) is -0.617. The van der Waals surface area contributed by atoms with Crippen molar-refractivity contribution in [3.8, 4) is 0 Å². The van der Waals surface area contributed by atoms with Crippen LogP contribution in [-0.4, -0.2) is 65.3 Å². The van der Waals surface area contributed by atoms with Crippen molar-refractivity contribution in [1.29, 1.82) is 0 Å².